The Hall–Kier alpha value is -2.15. The van der Waals surface area contributed by atoms with Gasteiger partial charge in [0, 0.05) is 5.69 Å². The number of aromatic nitrogens is 2. The summed E-state index contributed by atoms with van der Waals surface area (Å²) in [6.45, 7) is 5.65. The Morgan fingerprint density at radius 3 is 2.24 bits per heavy atom. The molecule has 21 heavy (non-hydrogen) atoms. The summed E-state index contributed by atoms with van der Waals surface area (Å²) in [5, 5.41) is 10.9. The van der Waals surface area contributed by atoms with E-state index in [1.165, 1.54) is 11.1 Å². The molecule has 2 N–H and O–H groups in total. The fourth-order valence-electron chi connectivity index (χ4n) is 1.65. The third kappa shape index (κ3) is 4.16. The standard InChI is InChI=1S/C14H18N4O2S/c1-4-21(19,20)18-14-8-7-13(16-17-14)15-12-6-5-10(2)11(3)9-12/h5-9H,4H2,1-3H3,(H,15,16)(H,17,18). The van der Waals surface area contributed by atoms with Crippen molar-refractivity contribution < 1.29 is 8.42 Å². The van der Waals surface area contributed by atoms with Crippen molar-refractivity contribution in [1.82, 2.24) is 10.2 Å². The van der Waals surface area contributed by atoms with Gasteiger partial charge in [0.1, 0.15) is 0 Å². The molecular weight excluding hydrogens is 288 g/mol. The van der Waals surface area contributed by atoms with Gasteiger partial charge in [-0.25, -0.2) is 8.42 Å². The number of rotatable bonds is 5. The first-order valence-corrected chi connectivity index (χ1v) is 8.23. The molecule has 0 unspecified atom stereocenters. The summed E-state index contributed by atoms with van der Waals surface area (Å²) in [7, 11) is -3.33. The van der Waals surface area contributed by atoms with E-state index in [0.717, 1.165) is 5.69 Å². The molecule has 0 bridgehead atoms. The quantitative estimate of drug-likeness (QED) is 0.887. The van der Waals surface area contributed by atoms with E-state index in [2.05, 4.69) is 20.2 Å². The summed E-state index contributed by atoms with van der Waals surface area (Å²) in [6.07, 6.45) is 0. The second-order valence-electron chi connectivity index (χ2n) is 4.73. The highest BCUT2D eigenvalue weighted by Gasteiger charge is 2.08. The number of nitrogens with one attached hydrogen (secondary N) is 2. The van der Waals surface area contributed by atoms with E-state index >= 15 is 0 Å². The molecule has 0 saturated carbocycles. The Balaban J connectivity index is 2.10. The van der Waals surface area contributed by atoms with Gasteiger partial charge < -0.3 is 5.32 Å². The van der Waals surface area contributed by atoms with Crippen molar-refractivity contribution in [2.75, 3.05) is 15.8 Å². The first kappa shape index (κ1) is 15.2. The molecule has 0 saturated heterocycles. The smallest absolute Gasteiger partial charge is 0.233 e. The Kier molecular flexibility index (Phi) is 4.42. The summed E-state index contributed by atoms with van der Waals surface area (Å²) >= 11 is 0. The van der Waals surface area contributed by atoms with Crippen molar-refractivity contribution in [2.45, 2.75) is 20.8 Å². The first-order valence-electron chi connectivity index (χ1n) is 6.58. The van der Waals surface area contributed by atoms with Gasteiger partial charge in [-0.05, 0) is 56.2 Å². The predicted octanol–water partition coefficient (Wildman–Crippen LogP) is 2.60. The van der Waals surface area contributed by atoms with Crippen LogP contribution < -0.4 is 10.0 Å². The molecule has 0 aliphatic rings. The Morgan fingerprint density at radius 2 is 1.67 bits per heavy atom. The largest absolute Gasteiger partial charge is 0.339 e. The van der Waals surface area contributed by atoms with Gasteiger partial charge in [0.15, 0.2) is 11.6 Å². The molecule has 0 aliphatic heterocycles. The second kappa shape index (κ2) is 6.09. The maximum absolute atomic E-state index is 11.4. The lowest BCUT2D eigenvalue weighted by Crippen LogP contribution is -2.15. The number of benzene rings is 1. The lowest BCUT2D eigenvalue weighted by molar-refractivity contribution is 0.602. The van der Waals surface area contributed by atoms with E-state index in [9.17, 15) is 8.42 Å². The maximum Gasteiger partial charge on any atom is 0.233 e. The van der Waals surface area contributed by atoms with Crippen LogP contribution in [-0.4, -0.2) is 24.4 Å². The van der Waals surface area contributed by atoms with Crippen LogP contribution in [0.2, 0.25) is 0 Å². The molecule has 112 valence electrons. The highest BCUT2D eigenvalue weighted by Crippen LogP contribution is 2.18. The molecule has 2 aromatic rings. The van der Waals surface area contributed by atoms with Gasteiger partial charge in [-0.15, -0.1) is 10.2 Å². The molecule has 0 atom stereocenters. The monoisotopic (exact) mass is 306 g/mol. The number of hydrogen-bond acceptors (Lipinski definition) is 5. The molecule has 1 aromatic heterocycles. The van der Waals surface area contributed by atoms with Gasteiger partial charge in [0.05, 0.1) is 5.75 Å². The van der Waals surface area contributed by atoms with Crippen molar-refractivity contribution in [2.24, 2.45) is 0 Å². The summed E-state index contributed by atoms with van der Waals surface area (Å²) in [4.78, 5) is 0. The van der Waals surface area contributed by atoms with Gasteiger partial charge in [-0.2, -0.15) is 0 Å². The lowest BCUT2D eigenvalue weighted by Gasteiger charge is -2.08. The molecule has 1 aromatic carbocycles. The summed E-state index contributed by atoms with van der Waals surface area (Å²) in [5.41, 5.74) is 3.31. The van der Waals surface area contributed by atoms with Crippen molar-refractivity contribution >= 4 is 27.3 Å². The number of sulfonamides is 1. The zero-order valence-electron chi connectivity index (χ0n) is 12.2. The number of anilines is 3. The molecule has 0 radical (unpaired) electrons. The zero-order valence-corrected chi connectivity index (χ0v) is 13.0. The maximum atomic E-state index is 11.4. The Morgan fingerprint density at radius 1 is 1.00 bits per heavy atom. The van der Waals surface area contributed by atoms with Crippen molar-refractivity contribution in [1.29, 1.82) is 0 Å². The van der Waals surface area contributed by atoms with Crippen LogP contribution in [0.5, 0.6) is 0 Å². The minimum atomic E-state index is -3.33. The number of hydrogen-bond donors (Lipinski definition) is 2. The normalized spacial score (nSPS) is 11.2. The van der Waals surface area contributed by atoms with Crippen LogP contribution in [0.1, 0.15) is 18.1 Å². The highest BCUT2D eigenvalue weighted by atomic mass is 32.2. The number of nitrogens with zero attached hydrogens (tertiary/aromatic N) is 2. The van der Waals surface area contributed by atoms with Gasteiger partial charge in [0.2, 0.25) is 10.0 Å². The predicted molar refractivity (Wildman–Crippen MR) is 84.3 cm³/mol. The molecule has 0 amide bonds. The van der Waals surface area contributed by atoms with E-state index in [-0.39, 0.29) is 11.6 Å². The van der Waals surface area contributed by atoms with Crippen LogP contribution in [0.3, 0.4) is 0 Å². The number of aryl methyl sites for hydroxylation is 2. The zero-order chi connectivity index (χ0) is 15.5. The fourth-order valence-corrected chi connectivity index (χ4v) is 2.22. The Labute approximate surface area is 124 Å². The first-order chi connectivity index (χ1) is 9.89. The summed E-state index contributed by atoms with van der Waals surface area (Å²) in [5.74, 6) is 0.761. The minimum absolute atomic E-state index is 0.00265. The van der Waals surface area contributed by atoms with E-state index in [0.29, 0.717) is 5.82 Å². The van der Waals surface area contributed by atoms with Gasteiger partial charge in [-0.3, -0.25) is 4.72 Å². The average Bonchev–Trinajstić information content (AvgIpc) is 2.45. The molecule has 2 rings (SSSR count). The fraction of sp³-hybridized carbons (Fsp3) is 0.286. The molecule has 1 heterocycles. The topological polar surface area (TPSA) is 84.0 Å². The molecule has 0 fully saturated rings. The molecule has 0 aliphatic carbocycles. The van der Waals surface area contributed by atoms with Crippen molar-refractivity contribution in [3.05, 3.63) is 41.5 Å². The van der Waals surface area contributed by atoms with Crippen LogP contribution in [0.15, 0.2) is 30.3 Å². The van der Waals surface area contributed by atoms with Crippen LogP contribution in [0, 0.1) is 13.8 Å². The van der Waals surface area contributed by atoms with E-state index < -0.39 is 10.0 Å². The third-order valence-electron chi connectivity index (χ3n) is 3.08. The average molecular weight is 306 g/mol. The van der Waals surface area contributed by atoms with Crippen LogP contribution >= 0.6 is 0 Å². The van der Waals surface area contributed by atoms with Crippen LogP contribution in [0.4, 0.5) is 17.3 Å². The van der Waals surface area contributed by atoms with Crippen LogP contribution in [-0.2, 0) is 10.0 Å². The SMILES string of the molecule is CCS(=O)(=O)Nc1ccc(Nc2ccc(C)c(C)c2)nn1. The van der Waals surface area contributed by atoms with E-state index in [4.69, 9.17) is 0 Å². The molecular formula is C14H18N4O2S. The lowest BCUT2D eigenvalue weighted by atomic mass is 10.1. The summed E-state index contributed by atoms with van der Waals surface area (Å²) < 4.78 is 25.2. The molecule has 7 heteroatoms. The van der Waals surface area contributed by atoms with E-state index in [1.54, 1.807) is 19.1 Å². The van der Waals surface area contributed by atoms with Crippen LogP contribution in [0.25, 0.3) is 0 Å². The van der Waals surface area contributed by atoms with Gasteiger partial charge in [0.25, 0.3) is 0 Å². The molecule has 6 nitrogen and oxygen atoms in total. The Bertz CT molecular complexity index is 727. The van der Waals surface area contributed by atoms with Crippen molar-refractivity contribution in [3.63, 3.8) is 0 Å². The summed E-state index contributed by atoms with van der Waals surface area (Å²) in [6, 6.07) is 9.25. The molecule has 0 spiro atoms. The van der Waals surface area contributed by atoms with Gasteiger partial charge >= 0.3 is 0 Å². The minimum Gasteiger partial charge on any atom is -0.339 e. The third-order valence-corrected chi connectivity index (χ3v) is 4.36. The van der Waals surface area contributed by atoms with E-state index in [1.807, 2.05) is 32.0 Å². The second-order valence-corrected chi connectivity index (χ2v) is 6.74. The highest BCUT2D eigenvalue weighted by molar-refractivity contribution is 7.92. The van der Waals surface area contributed by atoms with Crippen molar-refractivity contribution in [3.8, 4) is 0 Å². The van der Waals surface area contributed by atoms with Gasteiger partial charge in [-0.1, -0.05) is 6.07 Å².